The third-order valence-electron chi connectivity index (χ3n) is 8.72. The van der Waals surface area contributed by atoms with Gasteiger partial charge in [-0.05, 0) is 87.3 Å². The van der Waals surface area contributed by atoms with Crippen molar-refractivity contribution in [3.63, 3.8) is 0 Å². The number of anilines is 1. The summed E-state index contributed by atoms with van der Waals surface area (Å²) in [5.74, 6) is 0.0707. The smallest absolute Gasteiger partial charge is 0.253 e. The number of para-hydroxylation sites is 1. The zero-order valence-corrected chi connectivity index (χ0v) is 26.1. The van der Waals surface area contributed by atoms with E-state index in [4.69, 9.17) is 23.2 Å². The van der Waals surface area contributed by atoms with E-state index < -0.39 is 10.0 Å². The third kappa shape index (κ3) is 6.43. The Morgan fingerprint density at radius 3 is 2.41 bits per heavy atom. The summed E-state index contributed by atoms with van der Waals surface area (Å²) in [6.07, 6.45) is 3.95. The van der Waals surface area contributed by atoms with Gasteiger partial charge >= 0.3 is 0 Å². The van der Waals surface area contributed by atoms with E-state index in [1.807, 2.05) is 74.6 Å². The molecule has 1 fully saturated rings. The lowest BCUT2D eigenvalue weighted by Crippen LogP contribution is -2.46. The summed E-state index contributed by atoms with van der Waals surface area (Å²) >= 11 is 12.6. The first kappa shape index (κ1) is 29.9. The van der Waals surface area contributed by atoms with Crippen LogP contribution in [0.25, 0.3) is 0 Å². The Labute approximate surface area is 253 Å². The van der Waals surface area contributed by atoms with E-state index in [9.17, 15) is 13.2 Å². The van der Waals surface area contributed by atoms with Crippen LogP contribution in [0.15, 0.2) is 66.7 Å². The molecule has 2 aliphatic heterocycles. The van der Waals surface area contributed by atoms with Crippen molar-refractivity contribution >= 4 is 44.8 Å². The molecule has 0 aromatic heterocycles. The fourth-order valence-electron chi connectivity index (χ4n) is 6.39. The van der Waals surface area contributed by atoms with Crippen LogP contribution in [-0.4, -0.2) is 70.2 Å². The SMILES string of the molecule is Cc1cccc(C(=O)N(C)C[C@@H](CCN2CCC3(CC2)CN(S(C)(=O)=O)c2ccccc23)c2ccc(Cl)c(Cl)c2)c1. The number of benzene rings is 3. The lowest BCUT2D eigenvalue weighted by atomic mass is 9.74. The van der Waals surface area contributed by atoms with Gasteiger partial charge in [-0.25, -0.2) is 8.42 Å². The van der Waals surface area contributed by atoms with E-state index >= 15 is 0 Å². The van der Waals surface area contributed by atoms with E-state index in [0.717, 1.165) is 61.3 Å². The number of hydrogen-bond acceptors (Lipinski definition) is 4. The molecule has 2 heterocycles. The number of sulfonamides is 1. The van der Waals surface area contributed by atoms with Crippen molar-refractivity contribution in [2.75, 3.05) is 50.3 Å². The largest absolute Gasteiger partial charge is 0.341 e. The molecule has 0 unspecified atom stereocenters. The Kier molecular flexibility index (Phi) is 8.72. The van der Waals surface area contributed by atoms with Crippen LogP contribution in [0, 0.1) is 6.92 Å². The first-order chi connectivity index (χ1) is 19.5. The first-order valence-corrected chi connectivity index (χ1v) is 16.6. The fourth-order valence-corrected chi connectivity index (χ4v) is 7.70. The van der Waals surface area contributed by atoms with Crippen LogP contribution in [0.4, 0.5) is 5.69 Å². The van der Waals surface area contributed by atoms with Crippen LogP contribution in [0.2, 0.25) is 10.0 Å². The maximum atomic E-state index is 13.3. The predicted octanol–water partition coefficient (Wildman–Crippen LogP) is 6.36. The van der Waals surface area contributed by atoms with Gasteiger partial charge in [-0.2, -0.15) is 0 Å². The minimum Gasteiger partial charge on any atom is -0.341 e. The highest BCUT2D eigenvalue weighted by atomic mass is 35.5. The number of likely N-dealkylation sites (N-methyl/N-ethyl adjacent to an activating group) is 1. The van der Waals surface area contributed by atoms with Crippen molar-refractivity contribution in [3.05, 3.63) is 99.0 Å². The number of hydrogen-bond donors (Lipinski definition) is 0. The van der Waals surface area contributed by atoms with Gasteiger partial charge in [0.05, 0.1) is 22.0 Å². The van der Waals surface area contributed by atoms with Crippen molar-refractivity contribution in [2.45, 2.75) is 37.5 Å². The molecular formula is C32H37Cl2N3O3S. The highest BCUT2D eigenvalue weighted by Gasteiger charge is 2.46. The molecule has 9 heteroatoms. The number of amides is 1. The van der Waals surface area contributed by atoms with E-state index in [-0.39, 0.29) is 17.2 Å². The normalized spacial score (nSPS) is 17.4. The third-order valence-corrected chi connectivity index (χ3v) is 10.6. The molecule has 41 heavy (non-hydrogen) atoms. The van der Waals surface area contributed by atoms with Crippen molar-refractivity contribution in [3.8, 4) is 0 Å². The molecular weight excluding hydrogens is 577 g/mol. The summed E-state index contributed by atoms with van der Waals surface area (Å²) in [4.78, 5) is 17.5. The van der Waals surface area contributed by atoms with Crippen molar-refractivity contribution < 1.29 is 13.2 Å². The molecule has 3 aromatic carbocycles. The quantitative estimate of drug-likeness (QED) is 0.296. The molecule has 2 aliphatic rings. The minimum absolute atomic E-state index is 0.00555. The number of nitrogens with zero attached hydrogens (tertiary/aromatic N) is 3. The highest BCUT2D eigenvalue weighted by molar-refractivity contribution is 7.92. The van der Waals surface area contributed by atoms with Crippen molar-refractivity contribution in [1.29, 1.82) is 0 Å². The molecule has 1 saturated heterocycles. The Morgan fingerprint density at radius 1 is 1.00 bits per heavy atom. The summed E-state index contributed by atoms with van der Waals surface area (Å²) in [5, 5.41) is 1.02. The molecule has 0 radical (unpaired) electrons. The Hall–Kier alpha value is -2.58. The van der Waals surface area contributed by atoms with Crippen LogP contribution < -0.4 is 4.31 Å². The zero-order valence-electron chi connectivity index (χ0n) is 23.8. The zero-order chi connectivity index (χ0) is 29.4. The second kappa shape index (κ2) is 12.0. The number of piperidine rings is 1. The highest BCUT2D eigenvalue weighted by Crippen LogP contribution is 2.47. The molecule has 3 aromatic rings. The van der Waals surface area contributed by atoms with Gasteiger partial charge < -0.3 is 9.80 Å². The maximum absolute atomic E-state index is 13.3. The lowest BCUT2D eigenvalue weighted by molar-refractivity contribution is 0.0780. The molecule has 1 atom stereocenters. The second-order valence-electron chi connectivity index (χ2n) is 11.6. The molecule has 5 rings (SSSR count). The minimum atomic E-state index is -3.34. The second-order valence-corrected chi connectivity index (χ2v) is 14.3. The molecule has 1 spiro atoms. The van der Waals surface area contributed by atoms with Crippen LogP contribution in [0.1, 0.15) is 52.2 Å². The number of carbonyl (C=O) groups is 1. The summed E-state index contributed by atoms with van der Waals surface area (Å²) in [7, 11) is -1.49. The Balaban J connectivity index is 1.28. The van der Waals surface area contributed by atoms with Gasteiger partial charge in [0, 0.05) is 37.0 Å². The predicted molar refractivity (Wildman–Crippen MR) is 168 cm³/mol. The summed E-state index contributed by atoms with van der Waals surface area (Å²) in [6.45, 7) is 5.69. The first-order valence-electron chi connectivity index (χ1n) is 14.0. The number of carbonyl (C=O) groups excluding carboxylic acids is 1. The molecule has 1 amide bonds. The number of likely N-dealkylation sites (tertiary alicyclic amines) is 1. The Bertz CT molecular complexity index is 1540. The summed E-state index contributed by atoms with van der Waals surface area (Å²) in [6, 6.07) is 21.4. The van der Waals surface area contributed by atoms with Gasteiger partial charge in [0.2, 0.25) is 10.0 Å². The molecule has 0 aliphatic carbocycles. The van der Waals surface area contributed by atoms with Crippen LogP contribution in [-0.2, 0) is 15.4 Å². The number of halogens is 2. The van der Waals surface area contributed by atoms with Gasteiger partial charge in [0.15, 0.2) is 0 Å². The average Bonchev–Trinajstić information content (AvgIpc) is 3.27. The van der Waals surface area contributed by atoms with Gasteiger partial charge in [-0.1, -0.05) is 65.2 Å². The molecule has 0 N–H and O–H groups in total. The van der Waals surface area contributed by atoms with E-state index in [1.54, 1.807) is 9.21 Å². The average molecular weight is 615 g/mol. The van der Waals surface area contributed by atoms with Gasteiger partial charge in [0.1, 0.15) is 0 Å². The monoisotopic (exact) mass is 613 g/mol. The van der Waals surface area contributed by atoms with Gasteiger partial charge in [-0.3, -0.25) is 9.10 Å². The van der Waals surface area contributed by atoms with Crippen molar-refractivity contribution in [2.24, 2.45) is 0 Å². The Morgan fingerprint density at radius 2 is 1.73 bits per heavy atom. The number of fused-ring (bicyclic) bond motifs is 2. The standard InChI is InChI=1S/C32H37Cl2N3O3S/c1-23-7-6-8-25(19-23)31(38)35(2)21-26(24-11-12-28(33)29(34)20-24)13-16-36-17-14-32(15-18-36)22-37(41(3,39)40)30-10-5-4-9-27(30)32/h4-12,19-20,26H,13-18,21-22H2,1-3H3/t26-/m1/s1. The topological polar surface area (TPSA) is 60.9 Å². The van der Waals surface area contributed by atoms with E-state index in [0.29, 0.717) is 28.7 Å². The van der Waals surface area contributed by atoms with Crippen LogP contribution in [0.5, 0.6) is 0 Å². The van der Waals surface area contributed by atoms with Gasteiger partial charge in [0.25, 0.3) is 5.91 Å². The fraction of sp³-hybridized carbons (Fsp3) is 0.406. The van der Waals surface area contributed by atoms with Crippen LogP contribution >= 0.6 is 23.2 Å². The molecule has 6 nitrogen and oxygen atoms in total. The van der Waals surface area contributed by atoms with Crippen molar-refractivity contribution in [1.82, 2.24) is 9.80 Å². The summed E-state index contributed by atoms with van der Waals surface area (Å²) < 4.78 is 26.7. The number of rotatable bonds is 8. The molecule has 0 saturated carbocycles. The number of aryl methyl sites for hydroxylation is 1. The molecule has 218 valence electrons. The van der Waals surface area contributed by atoms with E-state index in [2.05, 4.69) is 11.0 Å². The lowest BCUT2D eigenvalue weighted by Gasteiger charge is -2.40. The van der Waals surface area contributed by atoms with E-state index in [1.165, 1.54) is 6.26 Å². The maximum Gasteiger partial charge on any atom is 0.253 e. The van der Waals surface area contributed by atoms with Crippen LogP contribution in [0.3, 0.4) is 0 Å². The summed E-state index contributed by atoms with van der Waals surface area (Å²) in [5.41, 5.74) is 4.61. The van der Waals surface area contributed by atoms with Gasteiger partial charge in [-0.15, -0.1) is 0 Å². The molecule has 0 bridgehead atoms.